The topological polar surface area (TPSA) is 52.6 Å². The number of rotatable bonds is 0. The van der Waals surface area contributed by atoms with Gasteiger partial charge in [-0.1, -0.05) is 7.43 Å². The van der Waals surface area contributed by atoms with Gasteiger partial charge < -0.3 is 17.9 Å². The zero-order valence-corrected chi connectivity index (χ0v) is 4.97. The van der Waals surface area contributed by atoms with E-state index in [1.54, 1.807) is 0 Å². The van der Waals surface area contributed by atoms with Crippen molar-refractivity contribution < 1.29 is 46.4 Å². The Kier molecular flexibility index (Phi) is 4.45. The molecule has 1 aliphatic rings. The molecule has 0 aromatic rings. The molecular formula is C3H4BF2LiO4. The van der Waals surface area contributed by atoms with Gasteiger partial charge in [0, 0.05) is 0 Å². The van der Waals surface area contributed by atoms with Crippen molar-refractivity contribution in [2.45, 2.75) is 7.43 Å². The molecule has 0 saturated carbocycles. The zero-order valence-electron chi connectivity index (χ0n) is 4.97. The number of carbonyl (C=O) groups is 2. The third kappa shape index (κ3) is 2.91. The molecule has 1 fully saturated rings. The summed E-state index contributed by atoms with van der Waals surface area (Å²) in [6.07, 6.45) is 0. The van der Waals surface area contributed by atoms with Crippen molar-refractivity contribution in [2.24, 2.45) is 0 Å². The van der Waals surface area contributed by atoms with Gasteiger partial charge in [-0.3, -0.25) is 0 Å². The van der Waals surface area contributed by atoms with Crippen LogP contribution in [0.25, 0.3) is 0 Å². The summed E-state index contributed by atoms with van der Waals surface area (Å²) in [6.45, 7) is 0. The largest absolute Gasteiger partial charge is 1.00 e. The Labute approximate surface area is 73.5 Å². The van der Waals surface area contributed by atoms with Crippen molar-refractivity contribution in [3.05, 3.63) is 0 Å². The summed E-state index contributed by atoms with van der Waals surface area (Å²) in [5.41, 5.74) is 0. The van der Waals surface area contributed by atoms with Crippen LogP contribution in [0.1, 0.15) is 7.43 Å². The maximum absolute atomic E-state index is 11.6. The Balaban J connectivity index is 0. The molecule has 0 spiro atoms. The van der Waals surface area contributed by atoms with Gasteiger partial charge in [0.2, 0.25) is 0 Å². The smallest absolute Gasteiger partial charge is 0.593 e. The number of carbonyl (C=O) groups excluding carboxylic acids is 2. The van der Waals surface area contributed by atoms with Crippen LogP contribution in [0.15, 0.2) is 0 Å². The van der Waals surface area contributed by atoms with Crippen LogP contribution in [0.5, 0.6) is 0 Å². The average Bonchev–Trinajstić information content (AvgIpc) is 1.79. The first-order chi connectivity index (χ1) is 4.01. The molecule has 11 heavy (non-hydrogen) atoms. The monoisotopic (exact) mass is 160 g/mol. The van der Waals surface area contributed by atoms with Gasteiger partial charge in [-0.25, -0.2) is 9.59 Å². The van der Waals surface area contributed by atoms with E-state index in [-0.39, 0.29) is 26.3 Å². The van der Waals surface area contributed by atoms with E-state index in [0.29, 0.717) is 0 Å². The summed E-state index contributed by atoms with van der Waals surface area (Å²) >= 11 is 0. The van der Waals surface area contributed by atoms with Crippen LogP contribution < -0.4 is 18.9 Å². The molecule has 4 nitrogen and oxygen atoms in total. The van der Waals surface area contributed by atoms with Crippen molar-refractivity contribution in [1.29, 1.82) is 0 Å². The van der Waals surface area contributed by atoms with Crippen molar-refractivity contribution in [1.82, 2.24) is 0 Å². The van der Waals surface area contributed by atoms with Crippen molar-refractivity contribution >= 4 is 19.0 Å². The summed E-state index contributed by atoms with van der Waals surface area (Å²) in [7, 11) is -4.65. The van der Waals surface area contributed by atoms with Crippen molar-refractivity contribution in [2.75, 3.05) is 0 Å². The fourth-order valence-electron chi connectivity index (χ4n) is 0.370. The maximum Gasteiger partial charge on any atom is 1.00 e. The molecular weight excluding hydrogens is 156 g/mol. The minimum Gasteiger partial charge on any atom is -0.593 e. The van der Waals surface area contributed by atoms with Gasteiger partial charge in [-0.05, 0) is 0 Å². The second-order valence-corrected chi connectivity index (χ2v) is 1.35. The normalized spacial score (nSPS) is 19.1. The van der Waals surface area contributed by atoms with Crippen LogP contribution in [-0.4, -0.2) is 19.0 Å². The van der Waals surface area contributed by atoms with E-state index in [4.69, 9.17) is 0 Å². The average molecular weight is 160 g/mol. The minimum atomic E-state index is -4.65. The molecule has 0 radical (unpaired) electrons. The molecule has 1 aliphatic heterocycles. The number of halogens is 2. The molecule has 1 rings (SSSR count). The third-order valence-electron chi connectivity index (χ3n) is 0.655. The summed E-state index contributed by atoms with van der Waals surface area (Å²) < 4.78 is 29.6. The van der Waals surface area contributed by atoms with Gasteiger partial charge in [0.15, 0.2) is 0 Å². The van der Waals surface area contributed by atoms with Crippen LogP contribution in [0, 0.1) is 0 Å². The SMILES string of the molecule is C.O=C1O[B-](F)(F)OC1=O.[Li+]. The van der Waals surface area contributed by atoms with Gasteiger partial charge >= 0.3 is 37.9 Å². The van der Waals surface area contributed by atoms with Crippen LogP contribution in [0.4, 0.5) is 8.63 Å². The molecule has 1 heterocycles. The standard InChI is InChI=1S/C2BF2O4.CH4.Li/c4-3(5)8-1(6)2(7)9-3;;/h;1H4;/q-1;;+1. The molecule has 0 amide bonds. The van der Waals surface area contributed by atoms with Gasteiger partial charge in [-0.2, -0.15) is 0 Å². The fraction of sp³-hybridized carbons (Fsp3) is 0.333. The molecule has 0 aromatic carbocycles. The Bertz CT molecular complexity index is 166. The number of hydrogen-bond acceptors (Lipinski definition) is 4. The van der Waals surface area contributed by atoms with E-state index in [9.17, 15) is 18.2 Å². The Hall–Kier alpha value is -0.538. The predicted molar refractivity (Wildman–Crippen MR) is 26.9 cm³/mol. The maximum atomic E-state index is 11.6. The van der Waals surface area contributed by atoms with Crippen LogP contribution >= 0.6 is 0 Å². The Morgan fingerprint density at radius 1 is 1.09 bits per heavy atom. The molecule has 0 aliphatic carbocycles. The molecule has 0 aromatic heterocycles. The van der Waals surface area contributed by atoms with Crippen molar-refractivity contribution in [3.8, 4) is 0 Å². The molecule has 58 valence electrons. The summed E-state index contributed by atoms with van der Waals surface area (Å²) in [5.74, 6) is -3.28. The molecule has 8 heteroatoms. The third-order valence-corrected chi connectivity index (χ3v) is 0.655. The fourth-order valence-corrected chi connectivity index (χ4v) is 0.370. The van der Waals surface area contributed by atoms with Gasteiger partial charge in [-0.15, -0.1) is 0 Å². The van der Waals surface area contributed by atoms with Crippen LogP contribution in [0.2, 0.25) is 0 Å². The molecule has 1 saturated heterocycles. The number of hydrogen-bond donors (Lipinski definition) is 0. The van der Waals surface area contributed by atoms with E-state index >= 15 is 0 Å². The van der Waals surface area contributed by atoms with E-state index in [2.05, 4.69) is 9.31 Å². The Morgan fingerprint density at radius 2 is 1.36 bits per heavy atom. The zero-order chi connectivity index (χ0) is 7.07. The van der Waals surface area contributed by atoms with E-state index in [1.165, 1.54) is 0 Å². The summed E-state index contributed by atoms with van der Waals surface area (Å²) in [5, 5.41) is 0. The molecule has 0 bridgehead atoms. The first kappa shape index (κ1) is 13.1. The first-order valence-electron chi connectivity index (χ1n) is 1.97. The molecule has 0 atom stereocenters. The van der Waals surface area contributed by atoms with Gasteiger partial charge in [0.05, 0.1) is 0 Å². The molecule has 0 unspecified atom stereocenters. The van der Waals surface area contributed by atoms with E-state index in [1.807, 2.05) is 0 Å². The molecule has 0 N–H and O–H groups in total. The second kappa shape index (κ2) is 3.74. The van der Waals surface area contributed by atoms with Crippen LogP contribution in [-0.2, 0) is 18.9 Å². The Morgan fingerprint density at radius 3 is 1.45 bits per heavy atom. The van der Waals surface area contributed by atoms with Gasteiger partial charge in [0.25, 0.3) is 0 Å². The van der Waals surface area contributed by atoms with Crippen molar-refractivity contribution in [3.63, 3.8) is 0 Å². The van der Waals surface area contributed by atoms with Crippen LogP contribution in [0.3, 0.4) is 0 Å². The summed E-state index contributed by atoms with van der Waals surface area (Å²) in [6, 6.07) is 0. The first-order valence-corrected chi connectivity index (χ1v) is 1.97. The van der Waals surface area contributed by atoms with Gasteiger partial charge in [0.1, 0.15) is 0 Å². The minimum absolute atomic E-state index is 0. The summed E-state index contributed by atoms with van der Waals surface area (Å²) in [4.78, 5) is 19.7. The van der Waals surface area contributed by atoms with E-state index in [0.717, 1.165) is 0 Å². The predicted octanol–water partition coefficient (Wildman–Crippen LogP) is -2.90. The van der Waals surface area contributed by atoms with E-state index < -0.39 is 19.0 Å². The quantitative estimate of drug-likeness (QED) is 0.281. The second-order valence-electron chi connectivity index (χ2n) is 1.35.